The van der Waals surface area contributed by atoms with Crippen molar-refractivity contribution in [3.8, 4) is 11.5 Å². The summed E-state index contributed by atoms with van der Waals surface area (Å²) >= 11 is 0. The van der Waals surface area contributed by atoms with E-state index in [0.29, 0.717) is 31.1 Å². The van der Waals surface area contributed by atoms with Crippen molar-refractivity contribution in [3.05, 3.63) is 29.8 Å². The first kappa shape index (κ1) is 21.0. The van der Waals surface area contributed by atoms with E-state index in [0.717, 1.165) is 31.5 Å². The number of likely N-dealkylation sites (tertiary alicyclic amines) is 1. The van der Waals surface area contributed by atoms with E-state index in [1.165, 1.54) is 0 Å². The molecule has 6 heteroatoms. The Labute approximate surface area is 161 Å². The van der Waals surface area contributed by atoms with Gasteiger partial charge in [-0.3, -0.25) is 9.59 Å². The smallest absolute Gasteiger partial charge is 0.309 e. The van der Waals surface area contributed by atoms with E-state index in [1.54, 1.807) is 26.4 Å². The predicted molar refractivity (Wildman–Crippen MR) is 104 cm³/mol. The second kappa shape index (κ2) is 10.7. The molecule has 2 rings (SSSR count). The van der Waals surface area contributed by atoms with Crippen LogP contribution in [0, 0.1) is 5.92 Å². The molecule has 0 aliphatic carbocycles. The van der Waals surface area contributed by atoms with Crippen molar-refractivity contribution in [1.29, 1.82) is 0 Å². The first-order valence-electron chi connectivity index (χ1n) is 9.39. The average molecular weight is 375 g/mol. The Morgan fingerprint density at radius 1 is 1.15 bits per heavy atom. The monoisotopic (exact) mass is 375 g/mol. The van der Waals surface area contributed by atoms with Gasteiger partial charge in [-0.2, -0.15) is 0 Å². The van der Waals surface area contributed by atoms with Crippen LogP contribution in [0.1, 0.15) is 31.7 Å². The Morgan fingerprint density at radius 2 is 1.85 bits per heavy atom. The lowest BCUT2D eigenvalue weighted by atomic mass is 9.97. The molecule has 0 atom stereocenters. The van der Waals surface area contributed by atoms with Crippen molar-refractivity contribution in [2.75, 3.05) is 40.5 Å². The third-order valence-corrected chi connectivity index (χ3v) is 4.75. The van der Waals surface area contributed by atoms with Gasteiger partial charge in [0, 0.05) is 13.0 Å². The zero-order chi connectivity index (χ0) is 19.6. The van der Waals surface area contributed by atoms with Crippen molar-refractivity contribution >= 4 is 17.8 Å². The molecule has 1 aromatic carbocycles. The van der Waals surface area contributed by atoms with Gasteiger partial charge in [-0.15, -0.1) is 0 Å². The maximum Gasteiger partial charge on any atom is 0.309 e. The minimum Gasteiger partial charge on any atom is -0.493 e. The first-order chi connectivity index (χ1) is 13.1. The Bertz CT molecular complexity index is 663. The number of methoxy groups -OCH3 is 2. The summed E-state index contributed by atoms with van der Waals surface area (Å²) in [4.78, 5) is 26.1. The van der Waals surface area contributed by atoms with Gasteiger partial charge >= 0.3 is 5.97 Å². The molecule has 6 nitrogen and oxygen atoms in total. The van der Waals surface area contributed by atoms with Crippen LogP contribution in [-0.4, -0.2) is 57.1 Å². The van der Waals surface area contributed by atoms with Gasteiger partial charge < -0.3 is 19.1 Å². The fraction of sp³-hybridized carbons (Fsp3) is 0.524. The molecule has 0 unspecified atom stereocenters. The quantitative estimate of drug-likeness (QED) is 0.488. The molecule has 1 heterocycles. The number of piperidine rings is 1. The topological polar surface area (TPSA) is 65.1 Å². The van der Waals surface area contributed by atoms with Crippen molar-refractivity contribution in [3.63, 3.8) is 0 Å². The highest BCUT2D eigenvalue weighted by atomic mass is 16.5. The molecule has 0 radical (unpaired) electrons. The first-order valence-corrected chi connectivity index (χ1v) is 9.39. The molecule has 148 valence electrons. The lowest BCUT2D eigenvalue weighted by Gasteiger charge is -2.30. The summed E-state index contributed by atoms with van der Waals surface area (Å²) in [5.41, 5.74) is 0.885. The third-order valence-electron chi connectivity index (χ3n) is 4.75. The standard InChI is InChI=1S/C21H29NO5/c1-4-27-21(24)17-9-12-22(13-10-17)14-11-18(23)7-5-16-6-8-19(25-2)20(15-16)26-3/h5-8,15,17H,4,9-14H2,1-3H3/b7-5+. The summed E-state index contributed by atoms with van der Waals surface area (Å²) in [6, 6.07) is 5.53. The number of ketones is 1. The van der Waals surface area contributed by atoms with E-state index in [9.17, 15) is 9.59 Å². The molecule has 1 aliphatic rings. The van der Waals surface area contributed by atoms with Crippen LogP contribution >= 0.6 is 0 Å². The van der Waals surface area contributed by atoms with E-state index in [2.05, 4.69) is 4.90 Å². The summed E-state index contributed by atoms with van der Waals surface area (Å²) in [5.74, 6) is 1.29. The second-order valence-corrected chi connectivity index (χ2v) is 6.53. The van der Waals surface area contributed by atoms with E-state index in [4.69, 9.17) is 14.2 Å². The Kier molecular flexibility index (Phi) is 8.33. The number of allylic oxidation sites excluding steroid dienone is 1. The van der Waals surface area contributed by atoms with Crippen LogP contribution in [0.4, 0.5) is 0 Å². The highest BCUT2D eigenvalue weighted by Crippen LogP contribution is 2.28. The van der Waals surface area contributed by atoms with Gasteiger partial charge in [0.2, 0.25) is 0 Å². The number of esters is 1. The number of hydrogen-bond acceptors (Lipinski definition) is 6. The van der Waals surface area contributed by atoms with Crippen molar-refractivity contribution in [2.45, 2.75) is 26.2 Å². The molecule has 1 fully saturated rings. The zero-order valence-corrected chi connectivity index (χ0v) is 16.4. The van der Waals surface area contributed by atoms with Crippen LogP contribution in [0.25, 0.3) is 6.08 Å². The Morgan fingerprint density at radius 3 is 2.48 bits per heavy atom. The number of rotatable bonds is 9. The van der Waals surface area contributed by atoms with Crippen LogP contribution in [0.2, 0.25) is 0 Å². The van der Waals surface area contributed by atoms with Crippen LogP contribution in [0.5, 0.6) is 11.5 Å². The highest BCUT2D eigenvalue weighted by molar-refractivity contribution is 5.93. The number of nitrogens with zero attached hydrogens (tertiary/aromatic N) is 1. The van der Waals surface area contributed by atoms with Crippen LogP contribution in [0.15, 0.2) is 24.3 Å². The molecule has 1 aromatic rings. The van der Waals surface area contributed by atoms with Crippen LogP contribution < -0.4 is 9.47 Å². The molecule has 0 spiro atoms. The highest BCUT2D eigenvalue weighted by Gasteiger charge is 2.25. The second-order valence-electron chi connectivity index (χ2n) is 6.53. The largest absolute Gasteiger partial charge is 0.493 e. The zero-order valence-electron chi connectivity index (χ0n) is 16.4. The number of hydrogen-bond donors (Lipinski definition) is 0. The van der Waals surface area contributed by atoms with Gasteiger partial charge in [0.25, 0.3) is 0 Å². The summed E-state index contributed by atoms with van der Waals surface area (Å²) in [5, 5.41) is 0. The molecule has 0 saturated carbocycles. The van der Waals surface area contributed by atoms with Gasteiger partial charge in [0.1, 0.15) is 0 Å². The van der Waals surface area contributed by atoms with Crippen molar-refractivity contribution in [1.82, 2.24) is 4.90 Å². The van der Waals surface area contributed by atoms with E-state index in [1.807, 2.05) is 25.1 Å². The summed E-state index contributed by atoms with van der Waals surface area (Å²) in [7, 11) is 3.17. The van der Waals surface area contributed by atoms with E-state index in [-0.39, 0.29) is 17.7 Å². The maximum absolute atomic E-state index is 12.2. The Balaban J connectivity index is 1.77. The molecular weight excluding hydrogens is 346 g/mol. The van der Waals surface area contributed by atoms with Crippen molar-refractivity contribution < 1.29 is 23.8 Å². The van der Waals surface area contributed by atoms with E-state index >= 15 is 0 Å². The number of benzene rings is 1. The van der Waals surface area contributed by atoms with Crippen LogP contribution in [-0.2, 0) is 14.3 Å². The summed E-state index contributed by atoms with van der Waals surface area (Å²) in [6.45, 7) is 4.63. The molecular formula is C21H29NO5. The molecule has 1 saturated heterocycles. The van der Waals surface area contributed by atoms with E-state index < -0.39 is 0 Å². The van der Waals surface area contributed by atoms with Gasteiger partial charge in [0.05, 0.1) is 26.7 Å². The van der Waals surface area contributed by atoms with Gasteiger partial charge in [-0.1, -0.05) is 12.1 Å². The fourth-order valence-electron chi connectivity index (χ4n) is 3.15. The number of carbonyl (C=O) groups is 2. The molecule has 0 aromatic heterocycles. The van der Waals surface area contributed by atoms with Gasteiger partial charge in [0.15, 0.2) is 17.3 Å². The number of ether oxygens (including phenoxy) is 3. The summed E-state index contributed by atoms with van der Waals surface area (Å²) < 4.78 is 15.6. The normalized spacial score (nSPS) is 15.7. The molecule has 0 amide bonds. The van der Waals surface area contributed by atoms with Crippen LogP contribution in [0.3, 0.4) is 0 Å². The number of carbonyl (C=O) groups excluding carboxylic acids is 2. The van der Waals surface area contributed by atoms with Gasteiger partial charge in [-0.05, 0) is 56.6 Å². The minimum absolute atomic E-state index is 0.00171. The summed E-state index contributed by atoms with van der Waals surface area (Å²) in [6.07, 6.45) is 5.46. The van der Waals surface area contributed by atoms with Gasteiger partial charge in [-0.25, -0.2) is 0 Å². The third kappa shape index (κ3) is 6.40. The average Bonchev–Trinajstić information content (AvgIpc) is 2.71. The molecule has 27 heavy (non-hydrogen) atoms. The fourth-order valence-corrected chi connectivity index (χ4v) is 3.15. The molecule has 1 aliphatic heterocycles. The SMILES string of the molecule is CCOC(=O)C1CCN(CCC(=O)/C=C/c2ccc(OC)c(OC)c2)CC1. The predicted octanol–water partition coefficient (Wildman–Crippen LogP) is 2.95. The molecule has 0 N–H and O–H groups in total. The Hall–Kier alpha value is -2.34. The maximum atomic E-state index is 12.2. The molecule has 0 bridgehead atoms. The lowest BCUT2D eigenvalue weighted by Crippen LogP contribution is -2.37. The minimum atomic E-state index is -0.0916. The lowest BCUT2D eigenvalue weighted by molar-refractivity contribution is -0.149. The van der Waals surface area contributed by atoms with Crippen molar-refractivity contribution in [2.24, 2.45) is 5.92 Å².